The molecule has 0 spiro atoms. The van der Waals surface area contributed by atoms with Crippen molar-refractivity contribution in [1.82, 2.24) is 10.2 Å². The first-order valence-corrected chi connectivity index (χ1v) is 10.8. The molecule has 5 nitrogen and oxygen atoms in total. The van der Waals surface area contributed by atoms with Crippen molar-refractivity contribution in [3.63, 3.8) is 0 Å². The third-order valence-electron chi connectivity index (χ3n) is 4.33. The number of rotatable bonds is 9. The van der Waals surface area contributed by atoms with Crippen LogP contribution in [0.2, 0.25) is 15.1 Å². The normalized spacial score (nSPS) is 11.8. The van der Waals surface area contributed by atoms with E-state index >= 15 is 0 Å². The molecule has 0 fully saturated rings. The topological polar surface area (TPSA) is 58.6 Å². The summed E-state index contributed by atoms with van der Waals surface area (Å²) in [5.74, 6) is -0.193. The van der Waals surface area contributed by atoms with Crippen LogP contribution < -0.4 is 10.1 Å². The number of hydrogen-bond donors (Lipinski definition) is 1. The Bertz CT molecular complexity index is 872. The van der Waals surface area contributed by atoms with E-state index in [4.69, 9.17) is 39.5 Å². The van der Waals surface area contributed by atoms with E-state index in [1.54, 1.807) is 30.3 Å². The van der Waals surface area contributed by atoms with E-state index in [9.17, 15) is 9.59 Å². The first-order chi connectivity index (χ1) is 14.2. The molecule has 0 aliphatic heterocycles. The highest BCUT2D eigenvalue weighted by atomic mass is 35.5. The van der Waals surface area contributed by atoms with Crippen LogP contribution in [0.25, 0.3) is 0 Å². The van der Waals surface area contributed by atoms with E-state index in [-0.39, 0.29) is 31.0 Å². The second-order valence-corrected chi connectivity index (χ2v) is 8.38. The lowest BCUT2D eigenvalue weighted by atomic mass is 10.1. The first-order valence-electron chi connectivity index (χ1n) is 9.63. The van der Waals surface area contributed by atoms with E-state index in [2.05, 4.69) is 5.32 Å². The number of carbonyl (C=O) groups excluding carboxylic acids is 2. The summed E-state index contributed by atoms with van der Waals surface area (Å²) in [7, 11) is 0. The molecule has 2 aromatic carbocycles. The van der Waals surface area contributed by atoms with Gasteiger partial charge in [0.2, 0.25) is 5.91 Å². The molecule has 0 heterocycles. The molecule has 162 valence electrons. The standard InChI is InChI=1S/C22H25Cl3N2O3/c1-4-19(22(29)26-14(2)3)27(12-15-5-7-16(23)8-6-15)21(28)13-30-20-10-9-17(24)11-18(20)25/h5-11,14,19H,4,12-13H2,1-3H3,(H,26,29)/t19-/m0/s1. The predicted molar refractivity (Wildman–Crippen MR) is 121 cm³/mol. The molecule has 0 saturated heterocycles. The van der Waals surface area contributed by atoms with Crippen LogP contribution in [0.4, 0.5) is 0 Å². The van der Waals surface area contributed by atoms with Crippen LogP contribution in [0.3, 0.4) is 0 Å². The van der Waals surface area contributed by atoms with Crippen LogP contribution in [-0.4, -0.2) is 35.4 Å². The molecule has 0 aliphatic carbocycles. The van der Waals surface area contributed by atoms with Crippen molar-refractivity contribution in [3.05, 3.63) is 63.1 Å². The second-order valence-electron chi connectivity index (χ2n) is 7.10. The lowest BCUT2D eigenvalue weighted by molar-refractivity contribution is -0.143. The minimum absolute atomic E-state index is 0.0387. The molecule has 2 amide bonds. The number of benzene rings is 2. The Morgan fingerprint density at radius 3 is 2.23 bits per heavy atom. The molecular formula is C22H25Cl3N2O3. The number of hydrogen-bond acceptors (Lipinski definition) is 3. The maximum Gasteiger partial charge on any atom is 0.261 e. The zero-order valence-electron chi connectivity index (χ0n) is 17.1. The van der Waals surface area contributed by atoms with E-state index in [1.165, 1.54) is 4.90 Å². The Morgan fingerprint density at radius 1 is 1.03 bits per heavy atom. The molecule has 0 aliphatic rings. The summed E-state index contributed by atoms with van der Waals surface area (Å²) in [6.07, 6.45) is 0.458. The molecule has 1 N–H and O–H groups in total. The van der Waals surface area contributed by atoms with Crippen LogP contribution in [-0.2, 0) is 16.1 Å². The Balaban J connectivity index is 2.22. The molecule has 0 radical (unpaired) electrons. The smallest absolute Gasteiger partial charge is 0.261 e. The molecule has 2 aromatic rings. The quantitative estimate of drug-likeness (QED) is 0.536. The number of carbonyl (C=O) groups is 2. The SMILES string of the molecule is CC[C@@H](C(=O)NC(C)C)N(Cc1ccc(Cl)cc1)C(=O)COc1ccc(Cl)cc1Cl. The molecular weight excluding hydrogens is 447 g/mol. The van der Waals surface area contributed by atoms with Gasteiger partial charge in [0, 0.05) is 22.6 Å². The van der Waals surface area contributed by atoms with Crippen molar-refractivity contribution in [1.29, 1.82) is 0 Å². The van der Waals surface area contributed by atoms with Crippen molar-refractivity contribution in [3.8, 4) is 5.75 Å². The number of nitrogens with one attached hydrogen (secondary N) is 1. The van der Waals surface area contributed by atoms with Crippen molar-refractivity contribution in [2.24, 2.45) is 0 Å². The summed E-state index contributed by atoms with van der Waals surface area (Å²) >= 11 is 18.0. The van der Waals surface area contributed by atoms with Crippen molar-refractivity contribution < 1.29 is 14.3 Å². The highest BCUT2D eigenvalue weighted by Gasteiger charge is 2.29. The van der Waals surface area contributed by atoms with E-state index in [1.807, 2.05) is 32.9 Å². The Hall–Kier alpha value is -1.95. The summed E-state index contributed by atoms with van der Waals surface area (Å²) in [6.45, 7) is 5.60. The molecule has 30 heavy (non-hydrogen) atoms. The molecule has 0 saturated carbocycles. The lowest BCUT2D eigenvalue weighted by Crippen LogP contribution is -2.51. The third-order valence-corrected chi connectivity index (χ3v) is 5.11. The van der Waals surface area contributed by atoms with Gasteiger partial charge in [-0.15, -0.1) is 0 Å². The zero-order chi connectivity index (χ0) is 22.3. The molecule has 0 bridgehead atoms. The largest absolute Gasteiger partial charge is 0.482 e. The average Bonchev–Trinajstić information content (AvgIpc) is 2.68. The Morgan fingerprint density at radius 2 is 1.67 bits per heavy atom. The lowest BCUT2D eigenvalue weighted by Gasteiger charge is -2.31. The number of nitrogens with zero attached hydrogens (tertiary/aromatic N) is 1. The van der Waals surface area contributed by atoms with Crippen LogP contribution in [0.15, 0.2) is 42.5 Å². The van der Waals surface area contributed by atoms with Gasteiger partial charge in [0.1, 0.15) is 11.8 Å². The average molecular weight is 472 g/mol. The fourth-order valence-electron chi connectivity index (χ4n) is 2.90. The van der Waals surface area contributed by atoms with Crippen molar-refractivity contribution in [2.45, 2.75) is 45.8 Å². The summed E-state index contributed by atoms with van der Waals surface area (Å²) < 4.78 is 5.61. The van der Waals surface area contributed by atoms with Gasteiger partial charge in [-0.2, -0.15) is 0 Å². The molecule has 1 atom stereocenters. The van der Waals surface area contributed by atoms with Gasteiger partial charge in [-0.3, -0.25) is 9.59 Å². The van der Waals surface area contributed by atoms with Gasteiger partial charge in [0.15, 0.2) is 6.61 Å². The van der Waals surface area contributed by atoms with Gasteiger partial charge in [0.25, 0.3) is 5.91 Å². The predicted octanol–water partition coefficient (Wildman–Crippen LogP) is 5.36. The van der Waals surface area contributed by atoms with Gasteiger partial charge in [-0.05, 0) is 56.2 Å². The minimum atomic E-state index is -0.639. The van der Waals surface area contributed by atoms with Crippen molar-refractivity contribution in [2.75, 3.05) is 6.61 Å². The van der Waals surface area contributed by atoms with E-state index < -0.39 is 6.04 Å². The molecule has 0 aromatic heterocycles. The number of halogens is 3. The Kier molecular flexibility index (Phi) is 9.28. The Labute approximate surface area is 192 Å². The summed E-state index contributed by atoms with van der Waals surface area (Å²) in [5, 5.41) is 4.26. The first kappa shape index (κ1) is 24.3. The highest BCUT2D eigenvalue weighted by molar-refractivity contribution is 6.35. The summed E-state index contributed by atoms with van der Waals surface area (Å²) in [5.41, 5.74) is 0.855. The molecule has 0 unspecified atom stereocenters. The monoisotopic (exact) mass is 470 g/mol. The maximum atomic E-state index is 13.1. The summed E-state index contributed by atoms with van der Waals surface area (Å²) in [4.78, 5) is 27.3. The maximum absolute atomic E-state index is 13.1. The third kappa shape index (κ3) is 7.08. The van der Waals surface area contributed by atoms with Gasteiger partial charge in [-0.25, -0.2) is 0 Å². The van der Waals surface area contributed by atoms with Crippen LogP contribution in [0, 0.1) is 0 Å². The van der Waals surface area contributed by atoms with Gasteiger partial charge in [-0.1, -0.05) is 53.9 Å². The molecule has 2 rings (SSSR count). The highest BCUT2D eigenvalue weighted by Crippen LogP contribution is 2.27. The second kappa shape index (κ2) is 11.4. The van der Waals surface area contributed by atoms with Gasteiger partial charge < -0.3 is 15.0 Å². The van der Waals surface area contributed by atoms with Crippen molar-refractivity contribution >= 4 is 46.6 Å². The zero-order valence-corrected chi connectivity index (χ0v) is 19.4. The van der Waals surface area contributed by atoms with Gasteiger partial charge >= 0.3 is 0 Å². The number of amides is 2. The fourth-order valence-corrected chi connectivity index (χ4v) is 3.49. The van der Waals surface area contributed by atoms with Crippen LogP contribution in [0.1, 0.15) is 32.8 Å². The van der Waals surface area contributed by atoms with Crippen LogP contribution in [0.5, 0.6) is 5.75 Å². The minimum Gasteiger partial charge on any atom is -0.482 e. The van der Waals surface area contributed by atoms with E-state index in [0.29, 0.717) is 27.2 Å². The fraction of sp³-hybridized carbons (Fsp3) is 0.364. The molecule has 8 heteroatoms. The summed E-state index contributed by atoms with van der Waals surface area (Å²) in [6, 6.07) is 11.2. The van der Waals surface area contributed by atoms with E-state index in [0.717, 1.165) is 5.56 Å². The van der Waals surface area contributed by atoms with Gasteiger partial charge in [0.05, 0.1) is 5.02 Å². The van der Waals surface area contributed by atoms with Crippen LogP contribution >= 0.6 is 34.8 Å². The number of ether oxygens (including phenoxy) is 1.